The molecule has 1 saturated carbocycles. The van der Waals surface area contributed by atoms with E-state index in [1.54, 1.807) is 0 Å². The van der Waals surface area contributed by atoms with Gasteiger partial charge >= 0.3 is 0 Å². The molecule has 0 N–H and O–H groups in total. The van der Waals surface area contributed by atoms with Crippen molar-refractivity contribution in [2.75, 3.05) is 9.80 Å². The van der Waals surface area contributed by atoms with E-state index >= 15 is 0 Å². The average Bonchev–Trinajstić information content (AvgIpc) is 3.78. The highest BCUT2D eigenvalue weighted by Gasteiger charge is 2.47. The Hall–Kier alpha value is -5.84. The van der Waals surface area contributed by atoms with Gasteiger partial charge in [-0.1, -0.05) is 214 Å². The second-order valence-electron chi connectivity index (χ2n) is 27.4. The quantitative estimate of drug-likeness (QED) is 0.159. The lowest BCUT2D eigenvalue weighted by Crippen LogP contribution is -2.60. The van der Waals surface area contributed by atoms with Gasteiger partial charge in [0.1, 0.15) is 0 Å². The first-order valence-electron chi connectivity index (χ1n) is 27.8. The highest BCUT2D eigenvalue weighted by atomic mass is 32.1. The van der Waals surface area contributed by atoms with Gasteiger partial charge in [-0.05, 0) is 155 Å². The molecular formula is C70H79BN2S. The maximum absolute atomic E-state index is 2.74. The zero-order valence-electron chi connectivity index (χ0n) is 47.3. The number of rotatable bonds is 5. The van der Waals surface area contributed by atoms with E-state index in [4.69, 9.17) is 0 Å². The zero-order valence-corrected chi connectivity index (χ0v) is 48.1. The van der Waals surface area contributed by atoms with Gasteiger partial charge in [0.2, 0.25) is 0 Å². The first-order valence-corrected chi connectivity index (χ1v) is 28.6. The van der Waals surface area contributed by atoms with E-state index in [1.807, 2.05) is 11.3 Å². The van der Waals surface area contributed by atoms with Gasteiger partial charge in [-0.3, -0.25) is 0 Å². The van der Waals surface area contributed by atoms with Crippen molar-refractivity contribution in [3.05, 3.63) is 173 Å². The highest BCUT2D eigenvalue weighted by molar-refractivity contribution is 7.33. The third kappa shape index (κ3) is 8.95. The summed E-state index contributed by atoms with van der Waals surface area (Å²) in [5.74, 6) is 0.582. The van der Waals surface area contributed by atoms with Crippen molar-refractivity contribution in [2.24, 2.45) is 0 Å². The Labute approximate surface area is 449 Å². The molecule has 1 fully saturated rings. The van der Waals surface area contributed by atoms with Crippen LogP contribution in [0.2, 0.25) is 0 Å². The number of benzene rings is 7. The Bertz CT molecular complexity index is 3420. The van der Waals surface area contributed by atoms with E-state index in [9.17, 15) is 0 Å². The van der Waals surface area contributed by atoms with Crippen molar-refractivity contribution in [3.63, 3.8) is 0 Å². The summed E-state index contributed by atoms with van der Waals surface area (Å²) in [5, 5.41) is 1.33. The molecule has 0 amide bonds. The summed E-state index contributed by atoms with van der Waals surface area (Å²) in [6, 6.07) is 55.8. The van der Waals surface area contributed by atoms with E-state index in [0.717, 1.165) is 0 Å². The van der Waals surface area contributed by atoms with Crippen molar-refractivity contribution in [1.82, 2.24) is 0 Å². The lowest BCUT2D eigenvalue weighted by molar-refractivity contribution is 0.444. The Morgan fingerprint density at radius 3 is 1.47 bits per heavy atom. The number of fused-ring (bicyclic) bond motifs is 6. The average molecular weight is 991 g/mol. The van der Waals surface area contributed by atoms with Crippen LogP contribution in [0.15, 0.2) is 140 Å². The maximum atomic E-state index is 2.74. The Morgan fingerprint density at radius 2 is 0.905 bits per heavy atom. The molecule has 8 aromatic rings. The van der Waals surface area contributed by atoms with E-state index in [1.165, 1.54) is 148 Å². The van der Waals surface area contributed by atoms with Gasteiger partial charge in [0.15, 0.2) is 0 Å². The second kappa shape index (κ2) is 17.9. The summed E-state index contributed by atoms with van der Waals surface area (Å²) in [5.41, 5.74) is 23.7. The molecule has 0 saturated heterocycles. The van der Waals surface area contributed by atoms with Crippen LogP contribution in [0.4, 0.5) is 34.1 Å². The molecular weight excluding hydrogens is 912 g/mol. The largest absolute Gasteiger partial charge is 0.311 e. The molecule has 0 atom stereocenters. The van der Waals surface area contributed by atoms with Crippen LogP contribution in [0.5, 0.6) is 0 Å². The van der Waals surface area contributed by atoms with Crippen molar-refractivity contribution in [1.29, 1.82) is 0 Å². The van der Waals surface area contributed by atoms with Crippen LogP contribution >= 0.6 is 11.3 Å². The number of thiophene rings is 1. The minimum absolute atomic E-state index is 0.0180. The predicted octanol–water partition coefficient (Wildman–Crippen LogP) is 18.9. The van der Waals surface area contributed by atoms with Crippen LogP contribution in [0.1, 0.15) is 175 Å². The van der Waals surface area contributed by atoms with E-state index < -0.39 is 0 Å². The number of hydrogen-bond donors (Lipinski definition) is 0. The standard InChI is InChI=1S/C70H79BN2S/c1-66(2,3)49-28-21-45(22-29-49)46-25-34-54(35-26-46)72-59-40-51(68(7,8)9)33-37-57(59)71-63-60(72)41-53(70(13,14)15)42-61(63)73(64-55-36-32-52(69(10,11)12)43-62(55)74-65(64)71)58-38-27-48(44-19-17-16-18-20-44)39-56(58)47-23-30-50(31-24-47)67(4,5)6/h21-44H,16-20H2,1-15H3. The minimum Gasteiger partial charge on any atom is -0.311 e. The normalized spacial score (nSPS) is 15.4. The van der Waals surface area contributed by atoms with Gasteiger partial charge in [-0.15, -0.1) is 11.3 Å². The van der Waals surface area contributed by atoms with Gasteiger partial charge in [-0.2, -0.15) is 0 Å². The van der Waals surface area contributed by atoms with Crippen molar-refractivity contribution in [3.8, 4) is 22.3 Å². The van der Waals surface area contributed by atoms with Crippen LogP contribution in [-0.2, 0) is 27.1 Å². The Balaban J connectivity index is 1.21. The van der Waals surface area contributed by atoms with Crippen molar-refractivity contribution in [2.45, 2.75) is 169 Å². The molecule has 74 heavy (non-hydrogen) atoms. The summed E-state index contributed by atoms with van der Waals surface area (Å²) in [7, 11) is 0. The van der Waals surface area contributed by atoms with Gasteiger partial charge in [0.25, 0.3) is 6.71 Å². The van der Waals surface area contributed by atoms with Crippen LogP contribution < -0.4 is 25.5 Å². The van der Waals surface area contributed by atoms with Crippen molar-refractivity contribution < 1.29 is 0 Å². The molecule has 3 aliphatic rings. The fourth-order valence-electron chi connectivity index (χ4n) is 12.2. The molecule has 11 rings (SSSR count). The third-order valence-corrected chi connectivity index (χ3v) is 18.1. The summed E-state index contributed by atoms with van der Waals surface area (Å²) >= 11 is 2.02. The van der Waals surface area contributed by atoms with Crippen LogP contribution in [-0.4, -0.2) is 6.71 Å². The Kier molecular flexibility index (Phi) is 12.2. The molecule has 0 radical (unpaired) electrons. The topological polar surface area (TPSA) is 6.48 Å². The van der Waals surface area contributed by atoms with Gasteiger partial charge in [-0.25, -0.2) is 0 Å². The molecule has 4 heteroatoms. The Morgan fingerprint density at radius 1 is 0.419 bits per heavy atom. The molecule has 0 bridgehead atoms. The van der Waals surface area contributed by atoms with Crippen LogP contribution in [0, 0.1) is 0 Å². The molecule has 0 unspecified atom stereocenters. The second-order valence-corrected chi connectivity index (χ2v) is 28.5. The van der Waals surface area contributed by atoms with Crippen LogP contribution in [0.3, 0.4) is 0 Å². The summed E-state index contributed by atoms with van der Waals surface area (Å²) < 4.78 is 2.78. The summed E-state index contributed by atoms with van der Waals surface area (Å²) in [4.78, 5) is 5.37. The minimum atomic E-state index is -0.135. The fraction of sp³-hybridized carbons (Fsp3) is 0.371. The number of hydrogen-bond acceptors (Lipinski definition) is 3. The van der Waals surface area contributed by atoms with E-state index in [-0.39, 0.29) is 33.8 Å². The smallest absolute Gasteiger partial charge is 0.264 e. The highest BCUT2D eigenvalue weighted by Crippen LogP contribution is 2.52. The third-order valence-electron chi connectivity index (χ3n) is 16.9. The number of anilines is 6. The molecule has 0 spiro atoms. The van der Waals surface area contributed by atoms with Gasteiger partial charge in [0.05, 0.1) is 11.4 Å². The van der Waals surface area contributed by atoms with Gasteiger partial charge < -0.3 is 9.80 Å². The van der Waals surface area contributed by atoms with Crippen molar-refractivity contribution >= 4 is 78.0 Å². The fourth-order valence-corrected chi connectivity index (χ4v) is 13.5. The zero-order chi connectivity index (χ0) is 52.4. The lowest BCUT2D eigenvalue weighted by atomic mass is 9.36. The lowest BCUT2D eigenvalue weighted by Gasteiger charge is -2.45. The molecule has 2 aliphatic heterocycles. The molecule has 7 aromatic carbocycles. The van der Waals surface area contributed by atoms with E-state index in [0.29, 0.717) is 5.92 Å². The summed E-state index contributed by atoms with van der Waals surface area (Å²) in [6.07, 6.45) is 6.49. The monoisotopic (exact) mass is 991 g/mol. The molecule has 3 heterocycles. The maximum Gasteiger partial charge on any atom is 0.264 e. The SMILES string of the molecule is CC(C)(C)c1ccc(-c2ccc(N3c4cc(C(C)(C)C)ccc4B4c5sc6cc(C(C)(C)C)ccc6c5N(c5ccc(C6CCCCC6)cc5-c5ccc(C(C)(C)C)cc5)c5cc(C(C)(C)C)cc3c54)cc2)cc1. The predicted molar refractivity (Wildman–Crippen MR) is 326 cm³/mol. The first-order chi connectivity index (χ1) is 34.8. The molecule has 2 nitrogen and oxygen atoms in total. The molecule has 378 valence electrons. The van der Waals surface area contributed by atoms with Gasteiger partial charge in [0, 0.05) is 43.2 Å². The first kappa shape index (κ1) is 50.3. The summed E-state index contributed by atoms with van der Waals surface area (Å²) in [6.45, 7) is 35.2. The van der Waals surface area contributed by atoms with Crippen LogP contribution in [0.25, 0.3) is 32.3 Å². The number of nitrogens with zero attached hydrogens (tertiary/aromatic N) is 2. The van der Waals surface area contributed by atoms with E-state index in [2.05, 4.69) is 253 Å². The molecule has 1 aromatic heterocycles. The molecule has 1 aliphatic carbocycles.